The van der Waals surface area contributed by atoms with Gasteiger partial charge in [-0.05, 0) is 69.0 Å². The van der Waals surface area contributed by atoms with Crippen LogP contribution in [0.2, 0.25) is 5.02 Å². The monoisotopic (exact) mass is 564 g/mol. The summed E-state index contributed by atoms with van der Waals surface area (Å²) in [6.07, 6.45) is 1.12. The SMILES string of the molecule is CC(C)n1c(=O)n(CC2CC2)c(=O)c2cc(C(=O)NN3CCO[C@@H](C(=O)Nc4ccc(C#N)c(Cl)c4)C3)ccc21. The summed E-state index contributed by atoms with van der Waals surface area (Å²) in [6.45, 7) is 4.80. The van der Waals surface area contributed by atoms with E-state index in [9.17, 15) is 19.2 Å². The molecule has 2 aromatic carbocycles. The molecule has 12 heteroatoms. The number of carbonyl (C=O) groups excluding carboxylic acids is 2. The third kappa shape index (κ3) is 5.65. The molecule has 1 saturated carbocycles. The number of morpholine rings is 1. The molecular formula is C28H29ClN6O5. The molecule has 1 atom stereocenters. The van der Waals surface area contributed by atoms with Crippen LogP contribution in [0.3, 0.4) is 0 Å². The molecule has 11 nitrogen and oxygen atoms in total. The maximum absolute atomic E-state index is 13.3. The zero-order chi connectivity index (χ0) is 28.6. The molecule has 1 saturated heterocycles. The Morgan fingerprint density at radius 1 is 1.18 bits per heavy atom. The Hall–Kier alpha value is -3.98. The number of halogens is 1. The molecule has 0 bridgehead atoms. The fourth-order valence-corrected chi connectivity index (χ4v) is 4.99. The molecule has 1 aliphatic heterocycles. The third-order valence-electron chi connectivity index (χ3n) is 7.06. The summed E-state index contributed by atoms with van der Waals surface area (Å²) in [5.74, 6) is -0.541. The van der Waals surface area contributed by atoms with E-state index in [-0.39, 0.29) is 35.5 Å². The van der Waals surface area contributed by atoms with E-state index in [0.717, 1.165) is 12.8 Å². The van der Waals surface area contributed by atoms with Crippen LogP contribution >= 0.6 is 11.6 Å². The highest BCUT2D eigenvalue weighted by Crippen LogP contribution is 2.30. The summed E-state index contributed by atoms with van der Waals surface area (Å²) in [7, 11) is 0. The lowest BCUT2D eigenvalue weighted by atomic mass is 10.1. The van der Waals surface area contributed by atoms with Crippen LogP contribution in [0.25, 0.3) is 10.9 Å². The fraction of sp³-hybridized carbons (Fsp3) is 0.393. The molecule has 2 aliphatic rings. The first-order valence-corrected chi connectivity index (χ1v) is 13.5. The normalized spacial score (nSPS) is 17.5. The Balaban J connectivity index is 1.32. The number of rotatable bonds is 7. The second kappa shape index (κ2) is 11.3. The topological polar surface area (TPSA) is 138 Å². The van der Waals surface area contributed by atoms with E-state index in [1.165, 1.54) is 22.8 Å². The Kier molecular flexibility index (Phi) is 7.76. The quantitative estimate of drug-likeness (QED) is 0.450. The van der Waals surface area contributed by atoms with E-state index >= 15 is 0 Å². The highest BCUT2D eigenvalue weighted by Gasteiger charge is 2.29. The summed E-state index contributed by atoms with van der Waals surface area (Å²) < 4.78 is 8.48. The minimum atomic E-state index is -0.866. The maximum atomic E-state index is 13.3. The molecule has 208 valence electrons. The van der Waals surface area contributed by atoms with Crippen molar-refractivity contribution < 1.29 is 14.3 Å². The lowest BCUT2D eigenvalue weighted by Crippen LogP contribution is -2.54. The van der Waals surface area contributed by atoms with Gasteiger partial charge in [0.1, 0.15) is 6.07 Å². The van der Waals surface area contributed by atoms with Crippen LogP contribution in [0.15, 0.2) is 46.0 Å². The Morgan fingerprint density at radius 2 is 1.95 bits per heavy atom. The number of fused-ring (bicyclic) bond motifs is 1. The second-order valence-corrected chi connectivity index (χ2v) is 10.8. The van der Waals surface area contributed by atoms with Crippen LogP contribution in [0.5, 0.6) is 0 Å². The molecule has 2 N–H and O–H groups in total. The number of nitrogens with zero attached hydrogens (tertiary/aromatic N) is 4. The van der Waals surface area contributed by atoms with Crippen molar-refractivity contribution in [3.05, 3.63) is 73.4 Å². The molecule has 1 aromatic heterocycles. The highest BCUT2D eigenvalue weighted by molar-refractivity contribution is 6.32. The summed E-state index contributed by atoms with van der Waals surface area (Å²) >= 11 is 6.05. The molecule has 0 spiro atoms. The zero-order valence-electron chi connectivity index (χ0n) is 22.1. The number of nitrogens with one attached hydrogen (secondary N) is 2. The average molecular weight is 565 g/mol. The number of nitriles is 1. The van der Waals surface area contributed by atoms with Gasteiger partial charge in [0.05, 0.1) is 34.6 Å². The minimum absolute atomic E-state index is 0.0935. The number of carbonyl (C=O) groups is 2. The highest BCUT2D eigenvalue weighted by atomic mass is 35.5. The van der Waals surface area contributed by atoms with Crippen LogP contribution in [0, 0.1) is 17.2 Å². The van der Waals surface area contributed by atoms with Gasteiger partial charge in [-0.1, -0.05) is 11.6 Å². The van der Waals surface area contributed by atoms with Crippen LogP contribution < -0.4 is 22.0 Å². The molecular weight excluding hydrogens is 536 g/mol. The average Bonchev–Trinajstić information content (AvgIpc) is 3.75. The van der Waals surface area contributed by atoms with Gasteiger partial charge in [0.15, 0.2) is 6.10 Å². The van der Waals surface area contributed by atoms with Crippen molar-refractivity contribution in [3.8, 4) is 6.07 Å². The molecule has 3 aromatic rings. The lowest BCUT2D eigenvalue weighted by molar-refractivity contribution is -0.134. The van der Waals surface area contributed by atoms with Crippen molar-refractivity contribution in [2.75, 3.05) is 25.0 Å². The van der Waals surface area contributed by atoms with Gasteiger partial charge in [0, 0.05) is 30.4 Å². The van der Waals surface area contributed by atoms with Crippen molar-refractivity contribution in [1.29, 1.82) is 5.26 Å². The van der Waals surface area contributed by atoms with Crippen molar-refractivity contribution >= 4 is 40.0 Å². The maximum Gasteiger partial charge on any atom is 0.331 e. The number of aromatic nitrogens is 2. The van der Waals surface area contributed by atoms with Crippen molar-refractivity contribution in [1.82, 2.24) is 19.6 Å². The second-order valence-electron chi connectivity index (χ2n) is 10.4. The largest absolute Gasteiger partial charge is 0.366 e. The van der Waals surface area contributed by atoms with E-state index in [4.69, 9.17) is 21.6 Å². The van der Waals surface area contributed by atoms with Gasteiger partial charge in [-0.25, -0.2) is 9.80 Å². The Bertz CT molecular complexity index is 1650. The van der Waals surface area contributed by atoms with Gasteiger partial charge < -0.3 is 10.1 Å². The van der Waals surface area contributed by atoms with E-state index in [1.807, 2.05) is 19.9 Å². The van der Waals surface area contributed by atoms with Crippen LogP contribution in [0.4, 0.5) is 5.69 Å². The number of ether oxygens (including phenoxy) is 1. The number of hydrazine groups is 1. The van der Waals surface area contributed by atoms with Gasteiger partial charge >= 0.3 is 5.69 Å². The van der Waals surface area contributed by atoms with Crippen molar-refractivity contribution in [2.45, 2.75) is 45.4 Å². The summed E-state index contributed by atoms with van der Waals surface area (Å²) in [5, 5.41) is 13.9. The molecule has 5 rings (SSSR count). The van der Waals surface area contributed by atoms with Crippen molar-refractivity contribution in [2.24, 2.45) is 5.92 Å². The van der Waals surface area contributed by atoms with E-state index in [0.29, 0.717) is 41.2 Å². The first-order chi connectivity index (χ1) is 19.2. The van der Waals surface area contributed by atoms with E-state index < -0.39 is 23.5 Å². The minimum Gasteiger partial charge on any atom is -0.366 e. The number of hydrogen-bond donors (Lipinski definition) is 2. The number of amides is 2. The van der Waals surface area contributed by atoms with Crippen LogP contribution in [0.1, 0.15) is 48.7 Å². The number of anilines is 1. The van der Waals surface area contributed by atoms with Gasteiger partial charge in [-0.3, -0.25) is 28.9 Å². The summed E-state index contributed by atoms with van der Waals surface area (Å²) in [5.41, 5.74) is 3.52. The van der Waals surface area contributed by atoms with Gasteiger partial charge in [0.25, 0.3) is 17.4 Å². The molecule has 2 amide bonds. The predicted molar refractivity (Wildman–Crippen MR) is 149 cm³/mol. The molecule has 0 unspecified atom stereocenters. The van der Waals surface area contributed by atoms with Gasteiger partial charge in [-0.15, -0.1) is 0 Å². The first kappa shape index (κ1) is 27.6. The first-order valence-electron chi connectivity index (χ1n) is 13.1. The van der Waals surface area contributed by atoms with Crippen molar-refractivity contribution in [3.63, 3.8) is 0 Å². The molecule has 2 heterocycles. The smallest absolute Gasteiger partial charge is 0.331 e. The zero-order valence-corrected chi connectivity index (χ0v) is 22.9. The summed E-state index contributed by atoms with van der Waals surface area (Å²) in [6, 6.07) is 11.1. The molecule has 0 radical (unpaired) electrons. The summed E-state index contributed by atoms with van der Waals surface area (Å²) in [4.78, 5) is 52.4. The van der Waals surface area contributed by atoms with Gasteiger partial charge in [0.2, 0.25) is 0 Å². The van der Waals surface area contributed by atoms with Gasteiger partial charge in [-0.2, -0.15) is 5.26 Å². The van der Waals surface area contributed by atoms with Crippen LogP contribution in [-0.4, -0.2) is 51.8 Å². The standard InChI is InChI=1S/C28H29ClN6O5/c1-16(2)35-23-8-6-18(11-21(23)27(38)34(28(35)39)14-17-3-4-17)25(36)32-33-9-10-40-24(15-33)26(37)31-20-7-5-19(13-30)22(29)12-20/h5-8,11-12,16-17,24H,3-4,9-10,14-15H2,1-2H3,(H,31,37)(H,32,36)/t24-/m1/s1. The Morgan fingerprint density at radius 3 is 2.62 bits per heavy atom. The molecule has 1 aliphatic carbocycles. The Labute approximate surface area is 234 Å². The number of benzene rings is 2. The van der Waals surface area contributed by atoms with E-state index in [1.54, 1.807) is 27.8 Å². The fourth-order valence-electron chi connectivity index (χ4n) is 4.77. The third-order valence-corrected chi connectivity index (χ3v) is 7.37. The number of hydrogen-bond acceptors (Lipinski definition) is 7. The molecule has 2 fully saturated rings. The van der Waals surface area contributed by atoms with E-state index in [2.05, 4.69) is 10.7 Å². The molecule has 40 heavy (non-hydrogen) atoms. The predicted octanol–water partition coefficient (Wildman–Crippen LogP) is 2.66. The lowest BCUT2D eigenvalue weighted by Gasteiger charge is -2.32. The van der Waals surface area contributed by atoms with Crippen LogP contribution in [-0.2, 0) is 16.1 Å².